The van der Waals surface area contributed by atoms with Gasteiger partial charge >= 0.3 is 0 Å². The Morgan fingerprint density at radius 3 is 2.71 bits per heavy atom. The first-order chi connectivity index (χ1) is 6.66. The lowest BCUT2D eigenvalue weighted by Crippen LogP contribution is -2.07. The fourth-order valence-corrected chi connectivity index (χ4v) is 2.24. The molecule has 0 amide bonds. The van der Waals surface area contributed by atoms with Crippen molar-refractivity contribution < 1.29 is 0 Å². The van der Waals surface area contributed by atoms with Crippen LogP contribution >= 0.6 is 22.6 Å². The molecule has 0 atom stereocenters. The van der Waals surface area contributed by atoms with Gasteiger partial charge in [-0.3, -0.25) is 0 Å². The van der Waals surface area contributed by atoms with Crippen LogP contribution in [0.1, 0.15) is 38.8 Å². The van der Waals surface area contributed by atoms with E-state index in [1.807, 2.05) is 0 Å². The summed E-state index contributed by atoms with van der Waals surface area (Å²) in [7, 11) is 0. The predicted molar refractivity (Wildman–Crippen MR) is 67.6 cm³/mol. The predicted octanol–water partition coefficient (Wildman–Crippen LogP) is 3.03. The van der Waals surface area contributed by atoms with Gasteiger partial charge in [-0.25, -0.2) is 9.97 Å². The van der Waals surface area contributed by atoms with Crippen LogP contribution in [0.2, 0.25) is 0 Å². The minimum absolute atomic E-state index is 0.451. The lowest BCUT2D eigenvalue weighted by molar-refractivity contribution is 0.804. The Balaban J connectivity index is 2.89. The number of rotatable bonds is 4. The van der Waals surface area contributed by atoms with Gasteiger partial charge < -0.3 is 5.32 Å². The lowest BCUT2D eigenvalue weighted by atomic mass is 10.1. The van der Waals surface area contributed by atoms with Crippen LogP contribution in [-0.2, 0) is 0 Å². The molecule has 14 heavy (non-hydrogen) atoms. The van der Waals surface area contributed by atoms with Crippen molar-refractivity contribution in [2.24, 2.45) is 0 Å². The van der Waals surface area contributed by atoms with Gasteiger partial charge in [-0.05, 0) is 34.9 Å². The van der Waals surface area contributed by atoms with E-state index < -0.39 is 0 Å². The topological polar surface area (TPSA) is 37.8 Å². The molecule has 0 unspecified atom stereocenters. The first kappa shape index (κ1) is 11.7. The highest BCUT2D eigenvalue weighted by atomic mass is 127. The fourth-order valence-electron chi connectivity index (χ4n) is 1.15. The molecule has 0 saturated heterocycles. The van der Waals surface area contributed by atoms with Gasteiger partial charge in [0.25, 0.3) is 0 Å². The Labute approximate surface area is 98.9 Å². The molecule has 0 spiro atoms. The number of hydrogen-bond acceptors (Lipinski definition) is 3. The second-order valence-electron chi connectivity index (χ2n) is 3.50. The summed E-state index contributed by atoms with van der Waals surface area (Å²) in [6.07, 6.45) is 2.74. The maximum absolute atomic E-state index is 4.29. The first-order valence-electron chi connectivity index (χ1n) is 4.91. The summed E-state index contributed by atoms with van der Waals surface area (Å²) in [6, 6.07) is 0. The molecular weight excluding hydrogens is 289 g/mol. The van der Waals surface area contributed by atoms with Crippen molar-refractivity contribution in [2.75, 3.05) is 11.9 Å². The van der Waals surface area contributed by atoms with Crippen LogP contribution in [0.15, 0.2) is 6.33 Å². The Kier molecular flexibility index (Phi) is 4.57. The highest BCUT2D eigenvalue weighted by Gasteiger charge is 2.10. The average molecular weight is 305 g/mol. The van der Waals surface area contributed by atoms with Crippen molar-refractivity contribution in [1.82, 2.24) is 9.97 Å². The van der Waals surface area contributed by atoms with Gasteiger partial charge in [0.2, 0.25) is 0 Å². The van der Waals surface area contributed by atoms with Crippen LogP contribution in [0.4, 0.5) is 5.82 Å². The summed E-state index contributed by atoms with van der Waals surface area (Å²) in [5.74, 6) is 1.42. The summed E-state index contributed by atoms with van der Waals surface area (Å²) in [4.78, 5) is 8.52. The number of anilines is 1. The minimum atomic E-state index is 0.451. The lowest BCUT2D eigenvalue weighted by Gasteiger charge is -2.11. The first-order valence-corrected chi connectivity index (χ1v) is 5.99. The Bertz CT molecular complexity index is 299. The third-order valence-corrected chi connectivity index (χ3v) is 2.97. The number of nitrogens with zero attached hydrogens (tertiary/aromatic N) is 2. The van der Waals surface area contributed by atoms with Gasteiger partial charge in [0.15, 0.2) is 0 Å². The standard InChI is InChI=1S/C10H16IN3/c1-4-5-12-10-8(11)9(7(2)3)13-6-14-10/h6-7H,4-5H2,1-3H3,(H,12,13,14). The van der Waals surface area contributed by atoms with Gasteiger partial charge in [0.05, 0.1) is 9.26 Å². The second-order valence-corrected chi connectivity index (χ2v) is 4.58. The van der Waals surface area contributed by atoms with E-state index in [1.165, 1.54) is 0 Å². The van der Waals surface area contributed by atoms with E-state index in [9.17, 15) is 0 Å². The molecule has 4 heteroatoms. The molecule has 0 fully saturated rings. The maximum atomic E-state index is 4.29. The molecule has 1 aromatic heterocycles. The molecular formula is C10H16IN3. The molecule has 1 rings (SSSR count). The highest BCUT2D eigenvalue weighted by molar-refractivity contribution is 14.1. The molecule has 0 aromatic carbocycles. The molecule has 1 aromatic rings. The zero-order valence-corrected chi connectivity index (χ0v) is 11.0. The van der Waals surface area contributed by atoms with Gasteiger partial charge in [-0.15, -0.1) is 0 Å². The molecule has 1 N–H and O–H groups in total. The summed E-state index contributed by atoms with van der Waals surface area (Å²) >= 11 is 2.31. The van der Waals surface area contributed by atoms with Gasteiger partial charge in [0, 0.05) is 6.54 Å². The SMILES string of the molecule is CCCNc1ncnc(C(C)C)c1I. The van der Waals surface area contributed by atoms with Crippen molar-refractivity contribution >= 4 is 28.4 Å². The second kappa shape index (κ2) is 5.48. The quantitative estimate of drug-likeness (QED) is 0.869. The normalized spacial score (nSPS) is 10.6. The van der Waals surface area contributed by atoms with Crippen LogP contribution < -0.4 is 5.32 Å². The van der Waals surface area contributed by atoms with E-state index in [-0.39, 0.29) is 0 Å². The van der Waals surface area contributed by atoms with E-state index in [0.717, 1.165) is 28.0 Å². The van der Waals surface area contributed by atoms with Crippen LogP contribution in [0, 0.1) is 3.57 Å². The summed E-state index contributed by atoms with van der Waals surface area (Å²) < 4.78 is 1.15. The van der Waals surface area contributed by atoms with E-state index in [4.69, 9.17) is 0 Å². The summed E-state index contributed by atoms with van der Waals surface area (Å²) in [5.41, 5.74) is 1.12. The van der Waals surface area contributed by atoms with Crippen molar-refractivity contribution in [1.29, 1.82) is 0 Å². The van der Waals surface area contributed by atoms with Crippen LogP contribution in [0.25, 0.3) is 0 Å². The Morgan fingerprint density at radius 1 is 1.43 bits per heavy atom. The zero-order chi connectivity index (χ0) is 10.6. The van der Waals surface area contributed by atoms with E-state index in [0.29, 0.717) is 5.92 Å². The van der Waals surface area contributed by atoms with Crippen molar-refractivity contribution in [3.05, 3.63) is 15.6 Å². The molecule has 1 heterocycles. The monoisotopic (exact) mass is 305 g/mol. The van der Waals surface area contributed by atoms with Crippen LogP contribution in [0.3, 0.4) is 0 Å². The van der Waals surface area contributed by atoms with Crippen LogP contribution in [-0.4, -0.2) is 16.5 Å². The highest BCUT2D eigenvalue weighted by Crippen LogP contribution is 2.23. The minimum Gasteiger partial charge on any atom is -0.369 e. The van der Waals surface area contributed by atoms with Gasteiger partial charge in [-0.1, -0.05) is 20.8 Å². The molecule has 78 valence electrons. The number of halogens is 1. The van der Waals surface area contributed by atoms with E-state index in [1.54, 1.807) is 6.33 Å². The van der Waals surface area contributed by atoms with Gasteiger partial charge in [0.1, 0.15) is 12.1 Å². The average Bonchev–Trinajstić information content (AvgIpc) is 2.16. The number of nitrogens with one attached hydrogen (secondary N) is 1. The molecule has 0 aliphatic carbocycles. The molecule has 0 radical (unpaired) electrons. The van der Waals surface area contributed by atoms with Crippen LogP contribution in [0.5, 0.6) is 0 Å². The van der Waals surface area contributed by atoms with Crippen molar-refractivity contribution in [2.45, 2.75) is 33.1 Å². The molecule has 0 aliphatic heterocycles. The van der Waals surface area contributed by atoms with Crippen molar-refractivity contribution in [3.63, 3.8) is 0 Å². The largest absolute Gasteiger partial charge is 0.369 e. The fraction of sp³-hybridized carbons (Fsp3) is 0.600. The summed E-state index contributed by atoms with van der Waals surface area (Å²) in [6.45, 7) is 7.40. The third-order valence-electron chi connectivity index (χ3n) is 1.91. The third kappa shape index (κ3) is 2.80. The molecule has 0 saturated carbocycles. The molecule has 0 bridgehead atoms. The summed E-state index contributed by atoms with van der Waals surface area (Å²) in [5, 5.41) is 3.30. The number of hydrogen-bond donors (Lipinski definition) is 1. The maximum Gasteiger partial charge on any atom is 0.143 e. The molecule has 0 aliphatic rings. The van der Waals surface area contributed by atoms with E-state index >= 15 is 0 Å². The Morgan fingerprint density at radius 2 is 2.14 bits per heavy atom. The van der Waals surface area contributed by atoms with Gasteiger partial charge in [-0.2, -0.15) is 0 Å². The van der Waals surface area contributed by atoms with Crippen molar-refractivity contribution in [3.8, 4) is 0 Å². The Hall–Kier alpha value is -0.390. The molecule has 3 nitrogen and oxygen atoms in total. The smallest absolute Gasteiger partial charge is 0.143 e. The zero-order valence-electron chi connectivity index (χ0n) is 8.84. The van der Waals surface area contributed by atoms with E-state index in [2.05, 4.69) is 58.6 Å². The number of aromatic nitrogens is 2.